The van der Waals surface area contributed by atoms with Crippen LogP contribution in [0.2, 0.25) is 0 Å². The summed E-state index contributed by atoms with van der Waals surface area (Å²) in [5, 5.41) is 17.4. The third-order valence-corrected chi connectivity index (χ3v) is 7.77. The van der Waals surface area contributed by atoms with Crippen LogP contribution in [0, 0.1) is 11.8 Å². The molecule has 0 bridgehead atoms. The second kappa shape index (κ2) is 15.9. The van der Waals surface area contributed by atoms with Crippen molar-refractivity contribution in [1.82, 2.24) is 15.5 Å². The third-order valence-electron chi connectivity index (χ3n) is 7.77. The molecule has 9 nitrogen and oxygen atoms in total. The number of alkyl carbamates (subject to hydrolysis) is 1. The van der Waals surface area contributed by atoms with Gasteiger partial charge in [0.2, 0.25) is 11.8 Å². The quantitative estimate of drug-likeness (QED) is 0.295. The molecule has 4 atom stereocenters. The SMILES string of the molecule is CC(C)C(NC(=O)C(Cc1ccccc1)CC(O)C(Cc1ccccc1)NC(=O)OC(C)(C)C)C(=O)N1CCC(N)CC1. The number of aliphatic hydroxyl groups excluding tert-OH is 1. The first-order valence-corrected chi connectivity index (χ1v) is 15.4. The van der Waals surface area contributed by atoms with Gasteiger partial charge >= 0.3 is 6.09 Å². The van der Waals surface area contributed by atoms with Crippen LogP contribution in [-0.4, -0.2) is 70.8 Å². The summed E-state index contributed by atoms with van der Waals surface area (Å²) in [5.41, 5.74) is 7.20. The van der Waals surface area contributed by atoms with Crippen LogP contribution in [0.4, 0.5) is 4.79 Å². The van der Waals surface area contributed by atoms with Gasteiger partial charge in [-0.15, -0.1) is 0 Å². The van der Waals surface area contributed by atoms with E-state index in [0.29, 0.717) is 25.9 Å². The Kier molecular flexibility index (Phi) is 12.6. The minimum atomic E-state index is -1.07. The standard InChI is InChI=1S/C34H50N4O5/c1-23(2)30(32(41)38-18-16-27(35)17-19-38)37-31(40)26(20-24-12-8-6-9-13-24)22-29(39)28(21-25-14-10-7-11-15-25)36-33(42)43-34(3,4)5/h6-15,23,26-30,39H,16-22,35H2,1-5H3,(H,36,42)(H,37,40). The highest BCUT2D eigenvalue weighted by Gasteiger charge is 2.34. The van der Waals surface area contributed by atoms with Gasteiger partial charge in [-0.05, 0) is 69.9 Å². The van der Waals surface area contributed by atoms with Gasteiger partial charge in [-0.2, -0.15) is 0 Å². The molecule has 236 valence electrons. The Hall–Kier alpha value is -3.43. The van der Waals surface area contributed by atoms with E-state index in [4.69, 9.17) is 10.5 Å². The number of likely N-dealkylation sites (tertiary alicyclic amines) is 1. The maximum absolute atomic E-state index is 13.9. The zero-order chi connectivity index (χ0) is 31.6. The first kappa shape index (κ1) is 34.1. The first-order chi connectivity index (χ1) is 20.3. The Morgan fingerprint density at radius 1 is 0.930 bits per heavy atom. The summed E-state index contributed by atoms with van der Waals surface area (Å²) in [6, 6.07) is 17.8. The summed E-state index contributed by atoms with van der Waals surface area (Å²) in [6.07, 6.45) is 0.566. The number of nitrogens with two attached hydrogens (primary N) is 1. The monoisotopic (exact) mass is 594 g/mol. The molecule has 1 saturated heterocycles. The molecular formula is C34H50N4O5. The van der Waals surface area contributed by atoms with Gasteiger partial charge in [-0.3, -0.25) is 9.59 Å². The number of rotatable bonds is 12. The number of nitrogens with zero attached hydrogens (tertiary/aromatic N) is 1. The molecule has 4 unspecified atom stereocenters. The smallest absolute Gasteiger partial charge is 0.407 e. The molecule has 0 spiro atoms. The highest BCUT2D eigenvalue weighted by molar-refractivity contribution is 5.89. The molecule has 9 heteroatoms. The summed E-state index contributed by atoms with van der Waals surface area (Å²) in [4.78, 5) is 41.9. The van der Waals surface area contributed by atoms with Crippen LogP contribution < -0.4 is 16.4 Å². The summed E-state index contributed by atoms with van der Waals surface area (Å²) in [7, 11) is 0. The van der Waals surface area contributed by atoms with Crippen molar-refractivity contribution in [1.29, 1.82) is 0 Å². The summed E-state index contributed by atoms with van der Waals surface area (Å²) < 4.78 is 5.48. The molecule has 1 heterocycles. The lowest BCUT2D eigenvalue weighted by molar-refractivity contribution is -0.139. The van der Waals surface area contributed by atoms with Crippen molar-refractivity contribution in [2.75, 3.05) is 13.1 Å². The van der Waals surface area contributed by atoms with E-state index in [1.54, 1.807) is 25.7 Å². The van der Waals surface area contributed by atoms with Crippen LogP contribution in [0.5, 0.6) is 0 Å². The first-order valence-electron chi connectivity index (χ1n) is 15.4. The molecule has 1 aliphatic heterocycles. The normalized spacial score (nSPS) is 17.1. The minimum absolute atomic E-state index is 0.0750. The number of amides is 3. The third kappa shape index (κ3) is 11.3. The van der Waals surface area contributed by atoms with Crippen LogP contribution in [0.15, 0.2) is 60.7 Å². The zero-order valence-electron chi connectivity index (χ0n) is 26.3. The highest BCUT2D eigenvalue weighted by Crippen LogP contribution is 2.21. The van der Waals surface area contributed by atoms with Crippen LogP contribution in [0.1, 0.15) is 65.0 Å². The second-order valence-electron chi connectivity index (χ2n) is 13.0. The van der Waals surface area contributed by atoms with Gasteiger partial charge in [0.25, 0.3) is 0 Å². The fourth-order valence-corrected chi connectivity index (χ4v) is 5.35. The molecule has 3 amide bonds. The van der Waals surface area contributed by atoms with Crippen LogP contribution >= 0.6 is 0 Å². The molecule has 3 rings (SSSR count). The van der Waals surface area contributed by atoms with Gasteiger partial charge in [-0.25, -0.2) is 4.79 Å². The van der Waals surface area contributed by atoms with Gasteiger partial charge in [0.05, 0.1) is 12.1 Å². The molecule has 5 N–H and O–H groups in total. The van der Waals surface area contributed by atoms with Crippen molar-refractivity contribution in [2.24, 2.45) is 17.6 Å². The van der Waals surface area contributed by atoms with Crippen molar-refractivity contribution in [3.8, 4) is 0 Å². The summed E-state index contributed by atoms with van der Waals surface area (Å²) >= 11 is 0. The fourth-order valence-electron chi connectivity index (χ4n) is 5.35. The number of hydrogen-bond acceptors (Lipinski definition) is 6. The maximum atomic E-state index is 13.9. The number of ether oxygens (including phenoxy) is 1. The van der Waals surface area contributed by atoms with Crippen molar-refractivity contribution >= 4 is 17.9 Å². The number of aliphatic hydroxyl groups is 1. The molecule has 1 fully saturated rings. The lowest BCUT2D eigenvalue weighted by atomic mass is 9.88. The zero-order valence-corrected chi connectivity index (χ0v) is 26.3. The van der Waals surface area contributed by atoms with Gasteiger partial charge in [0.1, 0.15) is 11.6 Å². The average molecular weight is 595 g/mol. The number of carbonyl (C=O) groups excluding carboxylic acids is 3. The molecular weight excluding hydrogens is 544 g/mol. The lowest BCUT2D eigenvalue weighted by Crippen LogP contribution is -2.55. The lowest BCUT2D eigenvalue weighted by Gasteiger charge is -2.35. The molecule has 0 aliphatic carbocycles. The van der Waals surface area contributed by atoms with Gasteiger partial charge in [-0.1, -0.05) is 74.5 Å². The van der Waals surface area contributed by atoms with Gasteiger partial charge < -0.3 is 31.1 Å². The molecule has 2 aromatic carbocycles. The number of piperidine rings is 1. The van der Waals surface area contributed by atoms with E-state index in [1.165, 1.54) is 0 Å². The Morgan fingerprint density at radius 3 is 1.98 bits per heavy atom. The van der Waals surface area contributed by atoms with Gasteiger partial charge in [0, 0.05) is 25.0 Å². The van der Waals surface area contributed by atoms with Crippen molar-refractivity contribution in [3.63, 3.8) is 0 Å². The predicted octanol–water partition coefficient (Wildman–Crippen LogP) is 3.82. The van der Waals surface area contributed by atoms with Crippen molar-refractivity contribution in [3.05, 3.63) is 71.8 Å². The average Bonchev–Trinajstić information content (AvgIpc) is 2.95. The van der Waals surface area contributed by atoms with E-state index >= 15 is 0 Å². The van der Waals surface area contributed by atoms with Crippen molar-refractivity contribution in [2.45, 2.75) is 96.6 Å². The van der Waals surface area contributed by atoms with Crippen LogP contribution in [0.25, 0.3) is 0 Å². The van der Waals surface area contributed by atoms with E-state index in [-0.39, 0.29) is 30.2 Å². The molecule has 43 heavy (non-hydrogen) atoms. The number of benzene rings is 2. The van der Waals surface area contributed by atoms with Gasteiger partial charge in [0.15, 0.2) is 0 Å². The van der Waals surface area contributed by atoms with E-state index in [1.807, 2.05) is 74.5 Å². The number of carbonyl (C=O) groups is 3. The largest absolute Gasteiger partial charge is 0.444 e. The Balaban J connectivity index is 1.82. The maximum Gasteiger partial charge on any atom is 0.407 e. The highest BCUT2D eigenvalue weighted by atomic mass is 16.6. The fraction of sp³-hybridized carbons (Fsp3) is 0.559. The molecule has 0 saturated carbocycles. The minimum Gasteiger partial charge on any atom is -0.444 e. The summed E-state index contributed by atoms with van der Waals surface area (Å²) in [5.74, 6) is -1.20. The van der Waals surface area contributed by atoms with E-state index < -0.39 is 35.8 Å². The Labute approximate surface area is 256 Å². The Bertz CT molecular complexity index is 1160. The topological polar surface area (TPSA) is 134 Å². The molecule has 0 aromatic heterocycles. The second-order valence-corrected chi connectivity index (χ2v) is 13.0. The van der Waals surface area contributed by atoms with E-state index in [0.717, 1.165) is 24.0 Å². The summed E-state index contributed by atoms with van der Waals surface area (Å²) in [6.45, 7) is 10.3. The molecule has 0 radical (unpaired) electrons. The van der Waals surface area contributed by atoms with Crippen LogP contribution in [0.3, 0.4) is 0 Å². The van der Waals surface area contributed by atoms with E-state index in [9.17, 15) is 19.5 Å². The van der Waals surface area contributed by atoms with E-state index in [2.05, 4.69) is 10.6 Å². The molecule has 1 aliphatic rings. The van der Waals surface area contributed by atoms with Crippen LogP contribution in [-0.2, 0) is 27.2 Å². The Morgan fingerprint density at radius 2 is 1.47 bits per heavy atom. The van der Waals surface area contributed by atoms with Crippen molar-refractivity contribution < 1.29 is 24.2 Å². The number of hydrogen-bond donors (Lipinski definition) is 4. The predicted molar refractivity (Wildman–Crippen MR) is 168 cm³/mol. The molecule has 2 aromatic rings. The number of nitrogens with one attached hydrogen (secondary N) is 2.